The zero-order valence-electron chi connectivity index (χ0n) is 24.4. The Morgan fingerprint density at radius 2 is 1.74 bits per heavy atom. The van der Waals surface area contributed by atoms with Crippen LogP contribution in [0.25, 0.3) is 22.3 Å². The van der Waals surface area contributed by atoms with Crippen LogP contribution < -0.4 is 20.3 Å². The Hall–Kier alpha value is -4.49. The minimum atomic E-state index is -4.60. The number of hydrogen-bond donors (Lipinski definition) is 1. The molecule has 1 N–H and O–H groups in total. The molecule has 0 saturated carbocycles. The molecular formula is C33H25Br2F3N4O4. The monoisotopic (exact) mass is 756 g/mol. The van der Waals surface area contributed by atoms with Crippen molar-refractivity contribution < 1.29 is 27.4 Å². The molecule has 236 valence electrons. The number of aromatic nitrogens is 2. The van der Waals surface area contributed by atoms with E-state index in [4.69, 9.17) is 9.47 Å². The quantitative estimate of drug-likeness (QED) is 0.153. The van der Waals surface area contributed by atoms with Crippen LogP contribution in [0.5, 0.6) is 11.5 Å². The number of hydrogen-bond acceptors (Lipinski definition) is 6. The third-order valence-corrected chi connectivity index (χ3v) is 8.88. The van der Waals surface area contributed by atoms with E-state index < -0.39 is 17.3 Å². The molecule has 0 spiro atoms. The first-order valence-electron chi connectivity index (χ1n) is 13.8. The van der Waals surface area contributed by atoms with E-state index >= 15 is 0 Å². The van der Waals surface area contributed by atoms with E-state index in [0.29, 0.717) is 25.7 Å². The number of carbonyl (C=O) groups excluding carboxylic acids is 1. The summed E-state index contributed by atoms with van der Waals surface area (Å²) in [7, 11) is 0. The van der Waals surface area contributed by atoms with E-state index in [1.807, 2.05) is 25.1 Å². The fraction of sp³-hybridized carbons (Fsp3) is 0.152. The first-order valence-corrected chi connectivity index (χ1v) is 15.4. The van der Waals surface area contributed by atoms with Crippen molar-refractivity contribution >= 4 is 60.6 Å². The van der Waals surface area contributed by atoms with Crippen LogP contribution in [-0.2, 0) is 11.0 Å². The van der Waals surface area contributed by atoms with Crippen LogP contribution in [0.1, 0.15) is 23.6 Å². The highest BCUT2D eigenvalue weighted by atomic mass is 79.9. The summed E-state index contributed by atoms with van der Waals surface area (Å²) in [5.74, 6) is 0.0754. The van der Waals surface area contributed by atoms with Crippen molar-refractivity contribution in [2.45, 2.75) is 20.0 Å². The summed E-state index contributed by atoms with van der Waals surface area (Å²) < 4.78 is 54.1. The number of nitrogens with zero attached hydrogens (tertiary/aromatic N) is 3. The molecular weight excluding hydrogens is 733 g/mol. The van der Waals surface area contributed by atoms with E-state index in [9.17, 15) is 22.8 Å². The van der Waals surface area contributed by atoms with E-state index in [1.165, 1.54) is 18.3 Å². The number of nitrogens with one attached hydrogen (secondary N) is 1. The first kappa shape index (κ1) is 32.9. The van der Waals surface area contributed by atoms with Crippen molar-refractivity contribution in [2.75, 3.05) is 18.5 Å². The number of ether oxygens (including phenoxy) is 2. The molecule has 1 amide bonds. The number of para-hydroxylation sites is 2. The Bertz CT molecular complexity index is 2030. The molecule has 1 aromatic heterocycles. The summed E-state index contributed by atoms with van der Waals surface area (Å²) in [6, 6.07) is 20.0. The molecule has 0 bridgehead atoms. The third-order valence-electron chi connectivity index (χ3n) is 6.74. The fourth-order valence-electron chi connectivity index (χ4n) is 4.51. The van der Waals surface area contributed by atoms with E-state index in [0.717, 1.165) is 22.4 Å². The average molecular weight is 758 g/mol. The molecule has 0 aliphatic heterocycles. The van der Waals surface area contributed by atoms with Gasteiger partial charge in [0, 0.05) is 21.3 Å². The second-order valence-corrected chi connectivity index (χ2v) is 11.5. The lowest BCUT2D eigenvalue weighted by Crippen LogP contribution is -2.21. The number of halogens is 5. The number of fused-ring (bicyclic) bond motifs is 1. The maximum absolute atomic E-state index is 13.6. The van der Waals surface area contributed by atoms with Gasteiger partial charge in [-0.1, -0.05) is 42.5 Å². The number of aryl methyl sites for hydroxylation is 1. The normalized spacial score (nSPS) is 11.6. The van der Waals surface area contributed by atoms with E-state index in [2.05, 4.69) is 47.3 Å². The van der Waals surface area contributed by atoms with E-state index in [-0.39, 0.29) is 47.4 Å². The number of anilines is 1. The van der Waals surface area contributed by atoms with Gasteiger partial charge in [0.15, 0.2) is 23.9 Å². The van der Waals surface area contributed by atoms with Gasteiger partial charge in [-0.25, -0.2) is 4.98 Å². The molecule has 0 radical (unpaired) electrons. The average Bonchev–Trinajstić information content (AvgIpc) is 3.03. The summed E-state index contributed by atoms with van der Waals surface area (Å²) in [5, 5.41) is 7.43. The van der Waals surface area contributed by atoms with Crippen molar-refractivity contribution in [3.8, 4) is 22.9 Å². The smallest absolute Gasteiger partial charge is 0.416 e. The zero-order valence-corrected chi connectivity index (χ0v) is 27.5. The molecule has 4 aromatic carbocycles. The zero-order chi connectivity index (χ0) is 33.0. The summed E-state index contributed by atoms with van der Waals surface area (Å²) in [4.78, 5) is 30.7. The van der Waals surface area contributed by atoms with E-state index in [1.54, 1.807) is 43.3 Å². The second-order valence-electron chi connectivity index (χ2n) is 9.90. The molecule has 5 aromatic rings. The van der Waals surface area contributed by atoms with Crippen LogP contribution in [-0.4, -0.2) is 35.0 Å². The van der Waals surface area contributed by atoms with Crippen molar-refractivity contribution in [2.24, 2.45) is 5.10 Å². The highest BCUT2D eigenvalue weighted by Gasteiger charge is 2.31. The third kappa shape index (κ3) is 7.15. The molecule has 0 aliphatic carbocycles. The van der Waals surface area contributed by atoms with Crippen molar-refractivity contribution in [1.29, 1.82) is 0 Å². The van der Waals surface area contributed by atoms with Crippen LogP contribution in [0.4, 0.5) is 18.9 Å². The van der Waals surface area contributed by atoms with Crippen LogP contribution in [0, 0.1) is 6.92 Å². The minimum Gasteiger partial charge on any atom is -0.490 e. The first-order chi connectivity index (χ1) is 22.0. The highest BCUT2D eigenvalue weighted by Crippen LogP contribution is 2.42. The van der Waals surface area contributed by atoms with Gasteiger partial charge in [0.2, 0.25) is 0 Å². The Balaban J connectivity index is 1.53. The topological polar surface area (TPSA) is 94.8 Å². The molecule has 0 aliphatic rings. The maximum Gasteiger partial charge on any atom is 0.416 e. The Labute approximate surface area is 278 Å². The van der Waals surface area contributed by atoms with Crippen LogP contribution in [0.2, 0.25) is 0 Å². The van der Waals surface area contributed by atoms with Gasteiger partial charge in [-0.15, -0.1) is 0 Å². The molecule has 0 saturated heterocycles. The largest absolute Gasteiger partial charge is 0.490 e. The summed E-state index contributed by atoms with van der Waals surface area (Å²) >= 11 is 7.01. The van der Waals surface area contributed by atoms with Gasteiger partial charge in [0.05, 0.1) is 33.8 Å². The maximum atomic E-state index is 13.6. The SMILES string of the molecule is CCOc1cc(C=Nn2c(-c3cccc(C(F)(F)F)c3)nc3ccccc3c2=O)c(Br)c(Br)c1OCC(=O)Nc1ccccc1C. The lowest BCUT2D eigenvalue weighted by atomic mass is 10.1. The summed E-state index contributed by atoms with van der Waals surface area (Å²) in [5.41, 5.74) is 0.890. The molecule has 0 unspecified atom stereocenters. The predicted octanol–water partition coefficient (Wildman–Crippen LogP) is 8.21. The molecule has 0 fully saturated rings. The minimum absolute atomic E-state index is 0.0535. The van der Waals surface area contributed by atoms with Crippen molar-refractivity contribution in [3.63, 3.8) is 0 Å². The van der Waals surface area contributed by atoms with Crippen molar-refractivity contribution in [3.05, 3.63) is 115 Å². The van der Waals surface area contributed by atoms with Gasteiger partial charge in [-0.2, -0.15) is 22.9 Å². The van der Waals surface area contributed by atoms with Gasteiger partial charge in [-0.3, -0.25) is 9.59 Å². The lowest BCUT2D eigenvalue weighted by molar-refractivity contribution is -0.137. The van der Waals surface area contributed by atoms with Crippen LogP contribution in [0.15, 0.2) is 97.7 Å². The van der Waals surface area contributed by atoms with Gasteiger partial charge < -0.3 is 14.8 Å². The second kappa shape index (κ2) is 13.9. The fourth-order valence-corrected chi connectivity index (χ4v) is 5.44. The predicted molar refractivity (Wildman–Crippen MR) is 178 cm³/mol. The molecule has 8 nitrogen and oxygen atoms in total. The molecule has 13 heteroatoms. The molecule has 46 heavy (non-hydrogen) atoms. The number of carbonyl (C=O) groups is 1. The molecule has 1 heterocycles. The summed E-state index contributed by atoms with van der Waals surface area (Å²) in [6.07, 6.45) is -3.25. The van der Waals surface area contributed by atoms with Gasteiger partial charge in [0.25, 0.3) is 11.5 Å². The molecule has 5 rings (SSSR count). The molecule has 0 atom stereocenters. The van der Waals surface area contributed by atoms with Gasteiger partial charge in [-0.05, 0) is 87.7 Å². The number of amides is 1. The van der Waals surface area contributed by atoms with Crippen molar-refractivity contribution in [1.82, 2.24) is 9.66 Å². The van der Waals surface area contributed by atoms with Gasteiger partial charge >= 0.3 is 6.18 Å². The Morgan fingerprint density at radius 1 is 1.00 bits per heavy atom. The van der Waals surface area contributed by atoms with Crippen LogP contribution in [0.3, 0.4) is 0 Å². The summed E-state index contributed by atoms with van der Waals surface area (Å²) in [6.45, 7) is 3.61. The number of rotatable bonds is 9. The van der Waals surface area contributed by atoms with Gasteiger partial charge in [0.1, 0.15) is 0 Å². The number of benzene rings is 4. The standard InChI is InChI=1S/C33H25Br2F3N4O4/c1-3-45-26-16-21(28(34)29(35)30(26)46-18-27(43)40-24-13-6-4-9-19(24)2)17-39-42-31(20-10-8-11-22(15-20)33(36,37)38)41-25-14-7-5-12-23(25)32(42)44/h4-17H,3,18H2,1-2H3,(H,40,43). The Kier molecular flexibility index (Phi) is 9.92. The number of alkyl halides is 3. The lowest BCUT2D eigenvalue weighted by Gasteiger charge is -2.16. The highest BCUT2D eigenvalue weighted by molar-refractivity contribution is 9.13. The van der Waals surface area contributed by atoms with Crippen LogP contribution >= 0.6 is 31.9 Å². The Morgan fingerprint density at radius 3 is 2.48 bits per heavy atom.